The standard InChI is InChI=1S/C24H18O3/c25-23(21-9-5-2-6-10-21)17-13-20-11-15-22(16-12-20)27-24(26)18-14-19-7-3-1-4-8-19/h1-18H/b17-13+,18-14-. The smallest absolute Gasteiger partial charge is 0.336 e. The minimum absolute atomic E-state index is 0.0582. The Morgan fingerprint density at radius 2 is 1.19 bits per heavy atom. The first-order valence-electron chi connectivity index (χ1n) is 8.53. The molecule has 132 valence electrons. The molecule has 0 heterocycles. The maximum Gasteiger partial charge on any atom is 0.336 e. The summed E-state index contributed by atoms with van der Waals surface area (Å²) in [7, 11) is 0. The van der Waals surface area contributed by atoms with Gasteiger partial charge in [0.05, 0.1) is 0 Å². The van der Waals surface area contributed by atoms with E-state index in [1.54, 1.807) is 48.6 Å². The van der Waals surface area contributed by atoms with Crippen LogP contribution < -0.4 is 4.74 Å². The molecule has 0 saturated carbocycles. The maximum absolute atomic E-state index is 12.1. The van der Waals surface area contributed by atoms with Crippen LogP contribution in [-0.2, 0) is 4.79 Å². The molecule has 3 rings (SSSR count). The van der Waals surface area contributed by atoms with Crippen molar-refractivity contribution in [1.82, 2.24) is 0 Å². The predicted octanol–water partition coefficient (Wildman–Crippen LogP) is 5.20. The minimum Gasteiger partial charge on any atom is -0.423 e. The zero-order valence-electron chi connectivity index (χ0n) is 14.6. The van der Waals surface area contributed by atoms with Crippen LogP contribution in [-0.4, -0.2) is 11.8 Å². The van der Waals surface area contributed by atoms with Crippen molar-refractivity contribution in [2.45, 2.75) is 0 Å². The van der Waals surface area contributed by atoms with Gasteiger partial charge in [-0.3, -0.25) is 4.79 Å². The molecule has 0 aliphatic carbocycles. The number of benzene rings is 3. The first-order valence-corrected chi connectivity index (χ1v) is 8.53. The third kappa shape index (κ3) is 5.65. The summed E-state index contributed by atoms with van der Waals surface area (Å²) < 4.78 is 5.27. The van der Waals surface area contributed by atoms with Crippen molar-refractivity contribution >= 4 is 23.9 Å². The number of carbonyl (C=O) groups excluding carboxylic acids is 2. The average molecular weight is 354 g/mol. The number of allylic oxidation sites excluding steroid dienone is 1. The normalized spacial score (nSPS) is 11.0. The van der Waals surface area contributed by atoms with Gasteiger partial charge in [-0.05, 0) is 35.4 Å². The van der Waals surface area contributed by atoms with Gasteiger partial charge in [-0.15, -0.1) is 0 Å². The lowest BCUT2D eigenvalue weighted by molar-refractivity contribution is -0.128. The second kappa shape index (κ2) is 9.11. The van der Waals surface area contributed by atoms with Crippen LogP contribution in [0.3, 0.4) is 0 Å². The van der Waals surface area contributed by atoms with E-state index < -0.39 is 5.97 Å². The van der Waals surface area contributed by atoms with Crippen molar-refractivity contribution in [1.29, 1.82) is 0 Å². The molecule has 0 N–H and O–H groups in total. The molecule has 0 fully saturated rings. The minimum atomic E-state index is -0.443. The van der Waals surface area contributed by atoms with Gasteiger partial charge in [-0.1, -0.05) is 78.9 Å². The quantitative estimate of drug-likeness (QED) is 0.264. The zero-order valence-corrected chi connectivity index (χ0v) is 14.6. The van der Waals surface area contributed by atoms with E-state index in [1.807, 2.05) is 48.5 Å². The summed E-state index contributed by atoms with van der Waals surface area (Å²) in [6.07, 6.45) is 6.35. The van der Waals surface area contributed by atoms with Gasteiger partial charge < -0.3 is 4.74 Å². The molecular weight excluding hydrogens is 336 g/mol. The largest absolute Gasteiger partial charge is 0.423 e. The molecule has 0 aliphatic rings. The number of hydrogen-bond donors (Lipinski definition) is 0. The van der Waals surface area contributed by atoms with Crippen molar-refractivity contribution in [3.8, 4) is 5.75 Å². The molecule has 0 aromatic heterocycles. The Labute approximate surface area is 158 Å². The molecule has 0 aliphatic heterocycles. The Bertz CT molecular complexity index is 954. The molecule has 27 heavy (non-hydrogen) atoms. The highest BCUT2D eigenvalue weighted by atomic mass is 16.5. The van der Waals surface area contributed by atoms with Crippen LogP contribution in [0.2, 0.25) is 0 Å². The predicted molar refractivity (Wildman–Crippen MR) is 107 cm³/mol. The summed E-state index contributed by atoms with van der Waals surface area (Å²) >= 11 is 0. The lowest BCUT2D eigenvalue weighted by Gasteiger charge is -2.02. The molecular formula is C24H18O3. The van der Waals surface area contributed by atoms with Gasteiger partial charge in [0.1, 0.15) is 5.75 Å². The maximum atomic E-state index is 12.1. The molecule has 0 radical (unpaired) electrons. The van der Waals surface area contributed by atoms with Crippen molar-refractivity contribution in [3.05, 3.63) is 114 Å². The highest BCUT2D eigenvalue weighted by Gasteiger charge is 2.02. The van der Waals surface area contributed by atoms with Gasteiger partial charge in [-0.2, -0.15) is 0 Å². The molecule has 3 nitrogen and oxygen atoms in total. The summed E-state index contributed by atoms with van der Waals surface area (Å²) in [5.41, 5.74) is 2.42. The molecule has 0 atom stereocenters. The van der Waals surface area contributed by atoms with E-state index in [-0.39, 0.29) is 5.78 Å². The molecule has 0 amide bonds. The molecule has 3 aromatic carbocycles. The van der Waals surface area contributed by atoms with Gasteiger partial charge in [0.25, 0.3) is 0 Å². The number of carbonyl (C=O) groups is 2. The van der Waals surface area contributed by atoms with Crippen LogP contribution >= 0.6 is 0 Å². The lowest BCUT2D eigenvalue weighted by Crippen LogP contribution is -2.03. The van der Waals surface area contributed by atoms with Crippen LogP contribution in [0.5, 0.6) is 5.75 Å². The second-order valence-electron chi connectivity index (χ2n) is 5.80. The number of hydrogen-bond acceptors (Lipinski definition) is 3. The Hall–Kier alpha value is -3.72. The van der Waals surface area contributed by atoms with Crippen LogP contribution in [0.25, 0.3) is 12.2 Å². The van der Waals surface area contributed by atoms with E-state index in [1.165, 1.54) is 12.2 Å². The fourth-order valence-corrected chi connectivity index (χ4v) is 2.40. The number of rotatable bonds is 6. The van der Waals surface area contributed by atoms with E-state index in [9.17, 15) is 9.59 Å². The van der Waals surface area contributed by atoms with E-state index in [2.05, 4.69) is 0 Å². The van der Waals surface area contributed by atoms with Crippen LogP contribution in [0, 0.1) is 0 Å². The van der Waals surface area contributed by atoms with Gasteiger partial charge in [0.15, 0.2) is 5.78 Å². The average Bonchev–Trinajstić information content (AvgIpc) is 2.73. The fourth-order valence-electron chi connectivity index (χ4n) is 2.40. The van der Waals surface area contributed by atoms with E-state index in [0.29, 0.717) is 11.3 Å². The van der Waals surface area contributed by atoms with E-state index in [0.717, 1.165) is 11.1 Å². The summed E-state index contributed by atoms with van der Waals surface area (Å²) in [5, 5.41) is 0. The topological polar surface area (TPSA) is 43.4 Å². The molecule has 0 spiro atoms. The van der Waals surface area contributed by atoms with Gasteiger partial charge >= 0.3 is 5.97 Å². The van der Waals surface area contributed by atoms with Crippen LogP contribution in [0.15, 0.2) is 97.1 Å². The van der Waals surface area contributed by atoms with Crippen molar-refractivity contribution in [2.24, 2.45) is 0 Å². The van der Waals surface area contributed by atoms with Gasteiger partial charge in [0, 0.05) is 11.6 Å². The second-order valence-corrected chi connectivity index (χ2v) is 5.80. The van der Waals surface area contributed by atoms with Crippen LogP contribution in [0.1, 0.15) is 21.5 Å². The van der Waals surface area contributed by atoms with E-state index >= 15 is 0 Å². The Morgan fingerprint density at radius 1 is 0.630 bits per heavy atom. The lowest BCUT2D eigenvalue weighted by atomic mass is 10.1. The Balaban J connectivity index is 1.57. The number of ketones is 1. The number of ether oxygens (including phenoxy) is 1. The van der Waals surface area contributed by atoms with Crippen LogP contribution in [0.4, 0.5) is 0 Å². The first-order chi connectivity index (χ1) is 13.2. The summed E-state index contributed by atoms with van der Waals surface area (Å²) in [5.74, 6) is -0.0530. The summed E-state index contributed by atoms with van der Waals surface area (Å²) in [4.78, 5) is 23.9. The monoisotopic (exact) mass is 354 g/mol. The SMILES string of the molecule is O=C(/C=C\c1ccccc1)Oc1ccc(/C=C/C(=O)c2ccccc2)cc1. The fraction of sp³-hybridized carbons (Fsp3) is 0. The van der Waals surface area contributed by atoms with Gasteiger partial charge in [-0.25, -0.2) is 4.79 Å². The van der Waals surface area contributed by atoms with Gasteiger partial charge in [0.2, 0.25) is 0 Å². The Morgan fingerprint density at radius 3 is 1.85 bits per heavy atom. The highest BCUT2D eigenvalue weighted by Crippen LogP contribution is 2.14. The molecule has 3 heteroatoms. The zero-order chi connectivity index (χ0) is 18.9. The third-order valence-electron chi connectivity index (χ3n) is 3.80. The van der Waals surface area contributed by atoms with Crippen molar-refractivity contribution < 1.29 is 14.3 Å². The van der Waals surface area contributed by atoms with Crippen molar-refractivity contribution in [3.63, 3.8) is 0 Å². The number of esters is 1. The summed E-state index contributed by atoms with van der Waals surface area (Å²) in [6, 6.07) is 25.6. The van der Waals surface area contributed by atoms with Crippen molar-refractivity contribution in [2.75, 3.05) is 0 Å². The molecule has 0 unspecified atom stereocenters. The third-order valence-corrected chi connectivity index (χ3v) is 3.80. The molecule has 3 aromatic rings. The molecule has 0 bridgehead atoms. The highest BCUT2D eigenvalue weighted by molar-refractivity contribution is 6.06. The molecule has 0 saturated heterocycles. The van der Waals surface area contributed by atoms with E-state index in [4.69, 9.17) is 4.74 Å². The summed E-state index contributed by atoms with van der Waals surface area (Å²) in [6.45, 7) is 0. The Kier molecular flexibility index (Phi) is 6.10. The first kappa shape index (κ1) is 18.1.